The number of nitrogens with one attached hydrogen (secondary N) is 2. The van der Waals surface area contributed by atoms with Crippen LogP contribution in [0.15, 0.2) is 23.1 Å². The van der Waals surface area contributed by atoms with Crippen molar-refractivity contribution < 1.29 is 17.9 Å². The zero-order chi connectivity index (χ0) is 19.7. The van der Waals surface area contributed by atoms with Crippen LogP contribution < -0.4 is 5.32 Å². The Bertz CT molecular complexity index is 982. The molecule has 28 heavy (non-hydrogen) atoms. The van der Waals surface area contributed by atoms with Gasteiger partial charge in [-0.05, 0) is 37.5 Å². The number of carbonyl (C=O) groups excluding carboxylic acids is 1. The van der Waals surface area contributed by atoms with E-state index in [4.69, 9.17) is 4.74 Å². The minimum absolute atomic E-state index is 0.132. The first-order chi connectivity index (χ1) is 13.4. The lowest BCUT2D eigenvalue weighted by Crippen LogP contribution is -2.40. The summed E-state index contributed by atoms with van der Waals surface area (Å²) < 4.78 is 32.7. The zero-order valence-electron chi connectivity index (χ0n) is 15.6. The van der Waals surface area contributed by atoms with Crippen molar-refractivity contribution in [1.29, 1.82) is 0 Å². The van der Waals surface area contributed by atoms with Crippen molar-refractivity contribution in [2.75, 3.05) is 31.6 Å². The molecule has 4 rings (SSSR count). The molecule has 1 saturated heterocycles. The molecule has 0 saturated carbocycles. The van der Waals surface area contributed by atoms with E-state index in [1.807, 2.05) is 0 Å². The van der Waals surface area contributed by atoms with Gasteiger partial charge in [0.15, 0.2) is 0 Å². The summed E-state index contributed by atoms with van der Waals surface area (Å²) in [5.41, 5.74) is 2.87. The molecule has 10 heteroatoms. The van der Waals surface area contributed by atoms with E-state index in [0.717, 1.165) is 11.4 Å². The molecule has 9 nitrogen and oxygen atoms in total. The fourth-order valence-corrected chi connectivity index (χ4v) is 5.29. The number of nitrogens with zero attached hydrogens (tertiary/aromatic N) is 3. The lowest BCUT2D eigenvalue weighted by molar-refractivity contribution is -0.120. The first kappa shape index (κ1) is 19.0. The molecule has 150 valence electrons. The molecular formula is C18H23N5O4S. The third kappa shape index (κ3) is 3.67. The quantitative estimate of drug-likeness (QED) is 0.780. The van der Waals surface area contributed by atoms with Crippen molar-refractivity contribution in [2.45, 2.75) is 31.1 Å². The van der Waals surface area contributed by atoms with Crippen molar-refractivity contribution in [3.8, 4) is 0 Å². The lowest BCUT2D eigenvalue weighted by atomic mass is 9.89. The van der Waals surface area contributed by atoms with Crippen LogP contribution in [-0.2, 0) is 32.4 Å². The minimum Gasteiger partial charge on any atom is -0.379 e. The van der Waals surface area contributed by atoms with Crippen LogP contribution in [0.25, 0.3) is 0 Å². The smallest absolute Gasteiger partial charge is 0.243 e. The number of hydrogen-bond donors (Lipinski definition) is 2. The number of anilines is 1. The van der Waals surface area contributed by atoms with E-state index in [9.17, 15) is 13.2 Å². The monoisotopic (exact) mass is 405 g/mol. The van der Waals surface area contributed by atoms with Crippen molar-refractivity contribution in [3.63, 3.8) is 0 Å². The maximum absolute atomic E-state index is 13.0. The summed E-state index contributed by atoms with van der Waals surface area (Å²) in [5.74, 6) is -0.342. The number of amides is 1. The predicted molar refractivity (Wildman–Crippen MR) is 101 cm³/mol. The number of H-pyrrole nitrogens is 1. The van der Waals surface area contributed by atoms with Gasteiger partial charge in [0.2, 0.25) is 15.9 Å². The fourth-order valence-electron chi connectivity index (χ4n) is 3.63. The number of sulfonamides is 1. The molecule has 2 aliphatic rings. The summed E-state index contributed by atoms with van der Waals surface area (Å²) in [4.78, 5) is 12.9. The van der Waals surface area contributed by atoms with E-state index in [2.05, 4.69) is 20.7 Å². The summed E-state index contributed by atoms with van der Waals surface area (Å²) in [6.45, 7) is 3.20. The molecule has 1 aromatic heterocycles. The average Bonchev–Trinajstić information content (AvgIpc) is 3.18. The van der Waals surface area contributed by atoms with Crippen LogP contribution >= 0.6 is 0 Å². The van der Waals surface area contributed by atoms with Gasteiger partial charge < -0.3 is 10.1 Å². The van der Waals surface area contributed by atoms with Gasteiger partial charge in [0, 0.05) is 31.1 Å². The van der Waals surface area contributed by atoms with E-state index < -0.39 is 10.0 Å². The number of aromatic nitrogens is 3. The Kier molecular flexibility index (Phi) is 5.17. The molecule has 0 unspecified atom stereocenters. The Morgan fingerprint density at radius 1 is 1.25 bits per heavy atom. The van der Waals surface area contributed by atoms with Gasteiger partial charge >= 0.3 is 0 Å². The molecule has 2 aromatic rings. The molecule has 1 aliphatic heterocycles. The second-order valence-corrected chi connectivity index (χ2v) is 9.05. The van der Waals surface area contributed by atoms with Crippen LogP contribution in [0.1, 0.15) is 23.4 Å². The van der Waals surface area contributed by atoms with Crippen LogP contribution in [0, 0.1) is 12.8 Å². The maximum atomic E-state index is 13.0. The van der Waals surface area contributed by atoms with Gasteiger partial charge in [-0.2, -0.15) is 19.7 Å². The molecule has 1 fully saturated rings. The SMILES string of the molecule is Cc1ccc(NC(=O)[C@H]2CCc3n[nH]nc3C2)cc1S(=O)(=O)N1CCOCC1. The highest BCUT2D eigenvalue weighted by Gasteiger charge is 2.30. The number of morpholine rings is 1. The van der Waals surface area contributed by atoms with E-state index in [-0.39, 0.29) is 16.7 Å². The molecule has 0 bridgehead atoms. The molecule has 0 radical (unpaired) electrons. The Hall–Kier alpha value is -2.30. The van der Waals surface area contributed by atoms with E-state index in [1.165, 1.54) is 4.31 Å². The van der Waals surface area contributed by atoms with Crippen LogP contribution in [0.3, 0.4) is 0 Å². The number of hydrogen-bond acceptors (Lipinski definition) is 6. The molecule has 1 amide bonds. The second kappa shape index (κ2) is 7.61. The molecule has 0 spiro atoms. The summed E-state index contributed by atoms with van der Waals surface area (Å²) >= 11 is 0. The normalized spacial score (nSPS) is 20.5. The fraction of sp³-hybridized carbons (Fsp3) is 0.500. The number of benzene rings is 1. The summed E-state index contributed by atoms with van der Waals surface area (Å²) in [7, 11) is -3.63. The first-order valence-corrected chi connectivity index (χ1v) is 10.8. The van der Waals surface area contributed by atoms with Crippen LogP contribution in [0.2, 0.25) is 0 Å². The second-order valence-electron chi connectivity index (χ2n) is 7.14. The highest BCUT2D eigenvalue weighted by atomic mass is 32.2. The zero-order valence-corrected chi connectivity index (χ0v) is 16.5. The van der Waals surface area contributed by atoms with Gasteiger partial charge in [0.25, 0.3) is 0 Å². The summed E-state index contributed by atoms with van der Waals surface area (Å²) in [6.07, 6.45) is 1.92. The topological polar surface area (TPSA) is 117 Å². The van der Waals surface area contributed by atoms with Gasteiger partial charge in [-0.3, -0.25) is 4.79 Å². The molecule has 1 aromatic carbocycles. The summed E-state index contributed by atoms with van der Waals surface area (Å²) in [6, 6.07) is 5.00. The van der Waals surface area contributed by atoms with Crippen LogP contribution in [0.5, 0.6) is 0 Å². The highest BCUT2D eigenvalue weighted by molar-refractivity contribution is 7.89. The summed E-state index contributed by atoms with van der Waals surface area (Å²) in [5, 5.41) is 13.6. The van der Waals surface area contributed by atoms with E-state index >= 15 is 0 Å². The Morgan fingerprint density at radius 2 is 2.00 bits per heavy atom. The average molecular weight is 405 g/mol. The molecule has 1 aliphatic carbocycles. The number of fused-ring (bicyclic) bond motifs is 1. The highest BCUT2D eigenvalue weighted by Crippen LogP contribution is 2.27. The van der Waals surface area contributed by atoms with Crippen LogP contribution in [0.4, 0.5) is 5.69 Å². The maximum Gasteiger partial charge on any atom is 0.243 e. The number of aromatic amines is 1. The van der Waals surface area contributed by atoms with Gasteiger partial charge in [0.1, 0.15) is 0 Å². The standard InChI is InChI=1S/C18H23N5O4S/c1-12-2-4-14(11-17(12)28(25,26)23-6-8-27-9-7-23)19-18(24)13-3-5-15-16(10-13)21-22-20-15/h2,4,11,13H,3,5-10H2,1H3,(H,19,24)(H,20,21,22)/t13-/m0/s1. The minimum atomic E-state index is -3.63. The van der Waals surface area contributed by atoms with Gasteiger partial charge in [-0.1, -0.05) is 6.07 Å². The van der Waals surface area contributed by atoms with E-state index in [0.29, 0.717) is 56.8 Å². The van der Waals surface area contributed by atoms with Crippen molar-refractivity contribution in [3.05, 3.63) is 35.2 Å². The predicted octanol–water partition coefficient (Wildman–Crippen LogP) is 0.878. The molecule has 2 N–H and O–H groups in total. The van der Waals surface area contributed by atoms with Gasteiger partial charge in [0.05, 0.1) is 29.5 Å². The number of ether oxygens (including phenoxy) is 1. The third-order valence-electron chi connectivity index (χ3n) is 5.29. The lowest BCUT2D eigenvalue weighted by Gasteiger charge is -2.27. The van der Waals surface area contributed by atoms with Crippen molar-refractivity contribution >= 4 is 21.6 Å². The van der Waals surface area contributed by atoms with E-state index in [1.54, 1.807) is 25.1 Å². The van der Waals surface area contributed by atoms with Gasteiger partial charge in [-0.25, -0.2) is 8.42 Å². The number of rotatable bonds is 4. The third-order valence-corrected chi connectivity index (χ3v) is 7.33. The largest absolute Gasteiger partial charge is 0.379 e. The Morgan fingerprint density at radius 3 is 2.79 bits per heavy atom. The number of aryl methyl sites for hydroxylation is 2. The van der Waals surface area contributed by atoms with Crippen molar-refractivity contribution in [2.24, 2.45) is 5.92 Å². The first-order valence-electron chi connectivity index (χ1n) is 9.33. The van der Waals surface area contributed by atoms with Crippen molar-refractivity contribution in [1.82, 2.24) is 19.7 Å². The van der Waals surface area contributed by atoms with Crippen LogP contribution in [-0.4, -0.2) is 60.3 Å². The Labute approximate surface area is 163 Å². The van der Waals surface area contributed by atoms with Gasteiger partial charge in [-0.15, -0.1) is 0 Å². The molecule has 1 atom stereocenters. The number of carbonyl (C=O) groups is 1. The molecule has 2 heterocycles. The Balaban J connectivity index is 1.51. The molecular weight excluding hydrogens is 382 g/mol.